The van der Waals surface area contributed by atoms with E-state index in [1.165, 1.54) is 0 Å². The molecule has 0 aromatic heterocycles. The summed E-state index contributed by atoms with van der Waals surface area (Å²) in [6, 6.07) is 6.18. The highest BCUT2D eigenvalue weighted by Gasteiger charge is 2.35. The van der Waals surface area contributed by atoms with Crippen molar-refractivity contribution in [2.45, 2.75) is 140 Å². The number of carbonyl (C=O) groups excluding carboxylic acids is 5. The van der Waals surface area contributed by atoms with Gasteiger partial charge in [0.1, 0.15) is 0 Å². The van der Waals surface area contributed by atoms with E-state index in [0.29, 0.717) is 25.8 Å². The lowest BCUT2D eigenvalue weighted by Crippen LogP contribution is -2.57. The quantitative estimate of drug-likeness (QED) is 0.0684. The molecule has 1 aromatic carbocycles. The maximum absolute atomic E-state index is 13.9. The van der Waals surface area contributed by atoms with Crippen molar-refractivity contribution in [3.63, 3.8) is 0 Å². The van der Waals surface area contributed by atoms with Gasteiger partial charge in [0.15, 0.2) is 0 Å². The molecule has 1 aliphatic heterocycles. The summed E-state index contributed by atoms with van der Waals surface area (Å²) in [5, 5.41) is 36.3. The molecule has 332 valence electrons. The Labute approximate surface area is 353 Å². The van der Waals surface area contributed by atoms with E-state index in [9.17, 15) is 38.7 Å². The van der Waals surface area contributed by atoms with Gasteiger partial charge in [0, 0.05) is 68.5 Å². The van der Waals surface area contributed by atoms with E-state index in [1.807, 2.05) is 44.2 Å². The predicted molar refractivity (Wildman–Crippen MR) is 227 cm³/mol. The molecule has 2 fully saturated rings. The Kier molecular flexibility index (Phi) is 21.0. The van der Waals surface area contributed by atoms with E-state index in [0.717, 1.165) is 30.4 Å². The van der Waals surface area contributed by atoms with Crippen molar-refractivity contribution in [2.24, 2.45) is 23.5 Å². The van der Waals surface area contributed by atoms with Gasteiger partial charge in [0.05, 0.1) is 18.3 Å². The molecule has 2 aliphatic rings. The number of nitrogens with two attached hydrogens (primary N) is 1. The molecule has 0 unspecified atom stereocenters. The minimum absolute atomic E-state index is 0.00645. The molecule has 1 aliphatic carbocycles. The largest absolute Gasteiger partial charge is 0.481 e. The summed E-state index contributed by atoms with van der Waals surface area (Å²) < 4.78 is 0. The minimum Gasteiger partial charge on any atom is -0.481 e. The molecule has 1 aromatic rings. The van der Waals surface area contributed by atoms with Gasteiger partial charge in [-0.1, -0.05) is 81.3 Å². The Morgan fingerprint density at radius 3 is 2.07 bits per heavy atom. The monoisotopic (exact) mass is 838 g/mol. The van der Waals surface area contributed by atoms with Crippen LogP contribution in [-0.4, -0.2) is 101 Å². The average Bonchev–Trinajstić information content (AvgIpc) is 3.19. The van der Waals surface area contributed by atoms with E-state index >= 15 is 0 Å². The maximum Gasteiger partial charge on any atom is 0.305 e. The number of amides is 5. The molecule has 16 nitrogen and oxygen atoms in total. The molecule has 3 rings (SSSR count). The van der Waals surface area contributed by atoms with Crippen LogP contribution in [0.4, 0.5) is 0 Å². The average molecular weight is 838 g/mol. The topological polar surface area (TPSA) is 258 Å². The molecule has 1 saturated heterocycles. The summed E-state index contributed by atoms with van der Waals surface area (Å²) in [5.74, 6) is -5.18. The first-order valence-corrected chi connectivity index (χ1v) is 21.3. The molecule has 10 N–H and O–H groups in total. The number of aliphatic carboxylic acids is 2. The van der Waals surface area contributed by atoms with Crippen molar-refractivity contribution in [3.8, 4) is 0 Å². The molecular weight excluding hydrogens is 771 g/mol. The Bertz CT molecular complexity index is 1650. The first-order valence-electron chi connectivity index (χ1n) is 21.3. The van der Waals surface area contributed by atoms with Crippen molar-refractivity contribution in [1.82, 2.24) is 31.9 Å². The Hall–Kier alpha value is -5.09. The number of hydrogen-bond acceptors (Lipinski definition) is 9. The van der Waals surface area contributed by atoms with E-state index in [4.69, 9.17) is 10.8 Å². The van der Waals surface area contributed by atoms with Crippen LogP contribution in [0.25, 0.3) is 0 Å². The van der Waals surface area contributed by atoms with Crippen LogP contribution >= 0.6 is 0 Å². The third-order valence-electron chi connectivity index (χ3n) is 11.4. The van der Waals surface area contributed by atoms with Crippen LogP contribution in [0, 0.1) is 17.8 Å². The SMILES string of the molecule is C=C/C(=C\C)C[C@@H](CC(=O)N[C@@H](CCC(=O)O)CC(=O)O)NC(=O)[C@@H]1CNCC[C@H]1NC(=O)C[C@@H](NC(=O)C[C@H](Cc1ccccc1)NC(=O)[C@@H]1CCCC[C@H]1N)C(C)C. The number of carboxylic acid groups (broad SMARTS) is 2. The lowest BCUT2D eigenvalue weighted by atomic mass is 9.84. The van der Waals surface area contributed by atoms with Crippen molar-refractivity contribution in [1.29, 1.82) is 0 Å². The Balaban J connectivity index is 1.66. The van der Waals surface area contributed by atoms with Gasteiger partial charge >= 0.3 is 11.9 Å². The van der Waals surface area contributed by atoms with Crippen LogP contribution in [0.3, 0.4) is 0 Å². The molecule has 1 saturated carbocycles. The molecule has 8 atom stereocenters. The van der Waals surface area contributed by atoms with E-state index < -0.39 is 66.3 Å². The zero-order chi connectivity index (χ0) is 44.2. The van der Waals surface area contributed by atoms with Crippen LogP contribution in [-0.2, 0) is 40.0 Å². The van der Waals surface area contributed by atoms with Crippen molar-refractivity contribution in [3.05, 3.63) is 60.2 Å². The summed E-state index contributed by atoms with van der Waals surface area (Å²) >= 11 is 0. The molecule has 0 radical (unpaired) electrons. The molecule has 1 heterocycles. The van der Waals surface area contributed by atoms with E-state index in [1.54, 1.807) is 19.1 Å². The molecule has 60 heavy (non-hydrogen) atoms. The molecule has 5 amide bonds. The number of carbonyl (C=O) groups is 7. The molecular formula is C44H67N7O9. The van der Waals surface area contributed by atoms with Crippen LogP contribution in [0.5, 0.6) is 0 Å². The molecule has 0 spiro atoms. The zero-order valence-corrected chi connectivity index (χ0v) is 35.4. The molecule has 16 heteroatoms. The van der Waals surface area contributed by atoms with Gasteiger partial charge in [-0.3, -0.25) is 33.6 Å². The normalized spacial score (nSPS) is 21.3. The molecule has 0 bridgehead atoms. The summed E-state index contributed by atoms with van der Waals surface area (Å²) in [7, 11) is 0. The summed E-state index contributed by atoms with van der Waals surface area (Å²) in [5.41, 5.74) is 8.03. The Morgan fingerprint density at radius 2 is 1.43 bits per heavy atom. The van der Waals surface area contributed by atoms with Gasteiger partial charge in [0.25, 0.3) is 0 Å². The number of hydrogen-bond donors (Lipinski definition) is 9. The Morgan fingerprint density at radius 1 is 0.783 bits per heavy atom. The predicted octanol–water partition coefficient (Wildman–Crippen LogP) is 2.47. The van der Waals surface area contributed by atoms with Crippen LogP contribution in [0.1, 0.15) is 103 Å². The first kappa shape index (κ1) is 49.3. The first-order chi connectivity index (χ1) is 28.6. The highest BCUT2D eigenvalue weighted by molar-refractivity contribution is 5.85. The summed E-state index contributed by atoms with van der Waals surface area (Å²) in [6.07, 6.45) is 6.86. The minimum atomic E-state index is -1.19. The lowest BCUT2D eigenvalue weighted by molar-refractivity contribution is -0.140. The fourth-order valence-corrected chi connectivity index (χ4v) is 7.91. The number of nitrogens with one attached hydrogen (secondary N) is 6. The van der Waals surface area contributed by atoms with Gasteiger partial charge in [0.2, 0.25) is 29.5 Å². The second-order valence-electron chi connectivity index (χ2n) is 16.5. The van der Waals surface area contributed by atoms with Crippen LogP contribution in [0.15, 0.2) is 54.6 Å². The number of benzene rings is 1. The number of rotatable bonds is 24. The number of carboxylic acids is 2. The van der Waals surface area contributed by atoms with Gasteiger partial charge in [-0.15, -0.1) is 0 Å². The second-order valence-corrected chi connectivity index (χ2v) is 16.5. The standard InChI is InChI=1S/C44H67N7O9/c1-5-28(6-2)20-31(22-38(52)47-30(24-42(57)58)16-17-41(55)56)49-44(60)34-26-46-19-18-36(34)50-40(54)25-37(27(3)4)51-39(53)23-32(21-29-12-8-7-9-13-29)48-43(59)33-14-10-11-15-35(33)45/h5-9,12-13,27,30-37,46H,1,10-11,14-26,45H2,2-4H3,(H,47,52)(H,48,59)(H,49,60)(H,50,54)(H,51,53)(H,55,56)(H,57,58)/b28-6+/t30-,31-,32-,33+,34+,35+,36+,37+/m0/s1. The zero-order valence-electron chi connectivity index (χ0n) is 35.4. The van der Waals surface area contributed by atoms with E-state index in [2.05, 4.69) is 38.5 Å². The number of allylic oxidation sites excluding steroid dienone is 2. The number of piperidine rings is 1. The van der Waals surface area contributed by atoms with Gasteiger partial charge in [-0.2, -0.15) is 0 Å². The van der Waals surface area contributed by atoms with Gasteiger partial charge < -0.3 is 47.8 Å². The fraction of sp³-hybridized carbons (Fsp3) is 0.614. The van der Waals surface area contributed by atoms with Crippen LogP contribution in [0.2, 0.25) is 0 Å². The lowest BCUT2D eigenvalue weighted by Gasteiger charge is -2.34. The van der Waals surface area contributed by atoms with Crippen molar-refractivity contribution in [2.75, 3.05) is 13.1 Å². The maximum atomic E-state index is 13.9. The third-order valence-corrected chi connectivity index (χ3v) is 11.4. The smallest absolute Gasteiger partial charge is 0.305 e. The third kappa shape index (κ3) is 17.6. The van der Waals surface area contributed by atoms with Crippen LogP contribution < -0.4 is 37.6 Å². The fourth-order valence-electron chi connectivity index (χ4n) is 7.91. The van der Waals surface area contributed by atoms with Gasteiger partial charge in [-0.05, 0) is 63.5 Å². The van der Waals surface area contributed by atoms with Crippen molar-refractivity contribution >= 4 is 41.5 Å². The van der Waals surface area contributed by atoms with Crippen molar-refractivity contribution < 1.29 is 43.8 Å². The van der Waals surface area contributed by atoms with E-state index in [-0.39, 0.29) is 80.7 Å². The second kappa shape index (κ2) is 25.5. The van der Waals surface area contributed by atoms with Gasteiger partial charge in [-0.25, -0.2) is 0 Å². The highest BCUT2D eigenvalue weighted by Crippen LogP contribution is 2.24. The highest BCUT2D eigenvalue weighted by atomic mass is 16.4. The summed E-state index contributed by atoms with van der Waals surface area (Å²) in [4.78, 5) is 90.1. The summed E-state index contributed by atoms with van der Waals surface area (Å²) in [6.45, 7) is 10.2.